The third-order valence-electron chi connectivity index (χ3n) is 6.52. The van der Waals surface area contributed by atoms with Gasteiger partial charge < -0.3 is 25.7 Å². The number of benzene rings is 6. The second-order valence-corrected chi connectivity index (χ2v) is 9.49. The van der Waals surface area contributed by atoms with Crippen molar-refractivity contribution in [2.75, 3.05) is 11.5 Å². The van der Waals surface area contributed by atoms with E-state index in [-0.39, 0.29) is 0 Å². The zero-order valence-corrected chi connectivity index (χ0v) is 22.2. The highest BCUT2D eigenvalue weighted by Gasteiger charge is 2.14. The fourth-order valence-electron chi connectivity index (χ4n) is 4.50. The second kappa shape index (κ2) is 11.6. The van der Waals surface area contributed by atoms with E-state index in [1.807, 2.05) is 146 Å². The van der Waals surface area contributed by atoms with Gasteiger partial charge in [0.1, 0.15) is 34.5 Å². The molecule has 6 rings (SSSR count). The van der Waals surface area contributed by atoms with Crippen LogP contribution in [0, 0.1) is 0 Å². The van der Waals surface area contributed by atoms with Crippen molar-refractivity contribution in [2.24, 2.45) is 0 Å². The molecule has 4 N–H and O–H groups in total. The number of para-hydroxylation sites is 2. The zero-order chi connectivity index (χ0) is 28.0. The van der Waals surface area contributed by atoms with Gasteiger partial charge in [0, 0.05) is 22.5 Å². The van der Waals surface area contributed by atoms with E-state index < -0.39 is 0 Å². The Morgan fingerprint density at radius 2 is 0.707 bits per heavy atom. The van der Waals surface area contributed by atoms with Crippen molar-refractivity contribution < 1.29 is 14.2 Å². The van der Waals surface area contributed by atoms with Crippen LogP contribution in [0.3, 0.4) is 0 Å². The standard InChI is InChI=1S/C36H28N2O3/c37-27-15-21-35(33(23-27)25-11-17-31(18-12-25)39-29-7-3-1-4-8-29)41-36-22-16-28(38)24-34(36)26-13-19-32(20-14-26)40-30-9-5-2-6-10-30/h1-24H,37-38H2. The molecule has 6 aromatic carbocycles. The molecule has 0 aliphatic carbocycles. The predicted molar refractivity (Wildman–Crippen MR) is 166 cm³/mol. The maximum atomic E-state index is 6.54. The van der Waals surface area contributed by atoms with Crippen LogP contribution < -0.4 is 25.7 Å². The lowest BCUT2D eigenvalue weighted by atomic mass is 10.0. The summed E-state index contributed by atoms with van der Waals surface area (Å²) in [5.74, 6) is 4.39. The van der Waals surface area contributed by atoms with E-state index in [0.29, 0.717) is 22.9 Å². The minimum absolute atomic E-state index is 0.642. The first-order chi connectivity index (χ1) is 20.1. The molecule has 5 nitrogen and oxygen atoms in total. The highest BCUT2D eigenvalue weighted by atomic mass is 16.5. The normalized spacial score (nSPS) is 10.6. The van der Waals surface area contributed by atoms with Gasteiger partial charge in [-0.3, -0.25) is 0 Å². The summed E-state index contributed by atoms with van der Waals surface area (Å²) in [7, 11) is 0. The summed E-state index contributed by atoms with van der Waals surface area (Å²) in [4.78, 5) is 0. The van der Waals surface area contributed by atoms with E-state index in [0.717, 1.165) is 45.3 Å². The molecule has 0 fully saturated rings. The fraction of sp³-hybridized carbons (Fsp3) is 0. The first kappa shape index (κ1) is 25.6. The summed E-state index contributed by atoms with van der Waals surface area (Å²) in [6, 6.07) is 46.3. The Kier molecular flexibility index (Phi) is 7.24. The third kappa shape index (κ3) is 6.15. The van der Waals surface area contributed by atoms with Gasteiger partial charge in [-0.2, -0.15) is 0 Å². The molecule has 0 saturated carbocycles. The SMILES string of the molecule is Nc1ccc(Oc2ccc(N)cc2-c2ccc(Oc3ccccc3)cc2)c(-c2ccc(Oc3ccccc3)cc2)c1. The summed E-state index contributed by atoms with van der Waals surface area (Å²) >= 11 is 0. The van der Waals surface area contributed by atoms with Crippen LogP contribution in [-0.4, -0.2) is 0 Å². The average Bonchev–Trinajstić information content (AvgIpc) is 3.01. The van der Waals surface area contributed by atoms with Crippen molar-refractivity contribution in [3.05, 3.63) is 146 Å². The van der Waals surface area contributed by atoms with Gasteiger partial charge in [-0.25, -0.2) is 0 Å². The lowest BCUT2D eigenvalue weighted by molar-refractivity contribution is 0.482. The fourth-order valence-corrected chi connectivity index (χ4v) is 4.50. The molecule has 6 aromatic rings. The van der Waals surface area contributed by atoms with Gasteiger partial charge in [-0.1, -0.05) is 60.7 Å². The molecule has 0 radical (unpaired) electrons. The first-order valence-corrected chi connectivity index (χ1v) is 13.2. The molecule has 0 unspecified atom stereocenters. The summed E-state index contributed by atoms with van der Waals surface area (Å²) in [6.07, 6.45) is 0. The molecular weight excluding hydrogens is 508 g/mol. The summed E-state index contributed by atoms with van der Waals surface area (Å²) < 4.78 is 18.5. The van der Waals surface area contributed by atoms with Gasteiger partial charge in [-0.15, -0.1) is 0 Å². The molecule has 0 saturated heterocycles. The van der Waals surface area contributed by atoms with E-state index in [9.17, 15) is 0 Å². The van der Waals surface area contributed by atoms with Gasteiger partial charge in [-0.05, 0) is 96.1 Å². The van der Waals surface area contributed by atoms with Crippen molar-refractivity contribution >= 4 is 11.4 Å². The van der Waals surface area contributed by atoms with Crippen molar-refractivity contribution in [3.8, 4) is 56.8 Å². The highest BCUT2D eigenvalue weighted by Crippen LogP contribution is 2.40. The van der Waals surface area contributed by atoms with E-state index in [2.05, 4.69) is 0 Å². The minimum Gasteiger partial charge on any atom is -0.457 e. The molecule has 200 valence electrons. The van der Waals surface area contributed by atoms with E-state index in [1.54, 1.807) is 0 Å². The molecule has 0 aromatic heterocycles. The van der Waals surface area contributed by atoms with Crippen LogP contribution in [0.25, 0.3) is 22.3 Å². The largest absolute Gasteiger partial charge is 0.457 e. The van der Waals surface area contributed by atoms with Gasteiger partial charge >= 0.3 is 0 Å². The Bertz CT molecular complexity index is 1620. The Hall–Kier alpha value is -5.68. The Morgan fingerprint density at radius 1 is 0.341 bits per heavy atom. The summed E-state index contributed by atoms with van der Waals surface area (Å²) in [5.41, 5.74) is 17.3. The smallest absolute Gasteiger partial charge is 0.135 e. The predicted octanol–water partition coefficient (Wildman–Crippen LogP) is 9.56. The Labute approximate surface area is 239 Å². The number of nitrogens with two attached hydrogens (primary N) is 2. The molecule has 0 heterocycles. The summed E-state index contributed by atoms with van der Waals surface area (Å²) in [6.45, 7) is 0. The topological polar surface area (TPSA) is 79.7 Å². The third-order valence-corrected chi connectivity index (χ3v) is 6.52. The Morgan fingerprint density at radius 3 is 1.10 bits per heavy atom. The Balaban J connectivity index is 1.28. The number of hydrogen-bond donors (Lipinski definition) is 2. The van der Waals surface area contributed by atoms with Crippen molar-refractivity contribution in [1.29, 1.82) is 0 Å². The number of ether oxygens (including phenoxy) is 3. The number of anilines is 2. The van der Waals surface area contributed by atoms with E-state index >= 15 is 0 Å². The molecular formula is C36H28N2O3. The molecule has 0 aliphatic rings. The lowest BCUT2D eigenvalue weighted by Gasteiger charge is -2.16. The number of nitrogen functional groups attached to an aromatic ring is 2. The minimum atomic E-state index is 0.642. The van der Waals surface area contributed by atoms with Crippen LogP contribution in [0.15, 0.2) is 146 Å². The highest BCUT2D eigenvalue weighted by molar-refractivity contribution is 5.78. The lowest BCUT2D eigenvalue weighted by Crippen LogP contribution is -1.95. The first-order valence-electron chi connectivity index (χ1n) is 13.2. The van der Waals surface area contributed by atoms with Crippen molar-refractivity contribution in [3.63, 3.8) is 0 Å². The zero-order valence-electron chi connectivity index (χ0n) is 22.2. The van der Waals surface area contributed by atoms with Crippen molar-refractivity contribution in [1.82, 2.24) is 0 Å². The van der Waals surface area contributed by atoms with Gasteiger partial charge in [0.15, 0.2) is 0 Å². The maximum Gasteiger partial charge on any atom is 0.135 e. The van der Waals surface area contributed by atoms with Crippen LogP contribution >= 0.6 is 0 Å². The van der Waals surface area contributed by atoms with Crippen LogP contribution in [0.2, 0.25) is 0 Å². The second-order valence-electron chi connectivity index (χ2n) is 9.49. The molecule has 0 aliphatic heterocycles. The monoisotopic (exact) mass is 536 g/mol. The molecule has 5 heteroatoms. The molecule has 41 heavy (non-hydrogen) atoms. The van der Waals surface area contributed by atoms with E-state index in [1.165, 1.54) is 0 Å². The van der Waals surface area contributed by atoms with Crippen LogP contribution in [0.1, 0.15) is 0 Å². The molecule has 0 bridgehead atoms. The van der Waals surface area contributed by atoms with Gasteiger partial charge in [0.25, 0.3) is 0 Å². The number of hydrogen-bond acceptors (Lipinski definition) is 5. The quantitative estimate of drug-likeness (QED) is 0.189. The average molecular weight is 537 g/mol. The van der Waals surface area contributed by atoms with Crippen LogP contribution in [0.4, 0.5) is 11.4 Å². The van der Waals surface area contributed by atoms with E-state index in [4.69, 9.17) is 25.7 Å². The number of rotatable bonds is 8. The van der Waals surface area contributed by atoms with Crippen LogP contribution in [0.5, 0.6) is 34.5 Å². The van der Waals surface area contributed by atoms with Crippen molar-refractivity contribution in [2.45, 2.75) is 0 Å². The summed E-state index contributed by atoms with van der Waals surface area (Å²) in [5, 5.41) is 0. The van der Waals surface area contributed by atoms with Gasteiger partial charge in [0.05, 0.1) is 0 Å². The van der Waals surface area contributed by atoms with Crippen LogP contribution in [-0.2, 0) is 0 Å². The molecule has 0 atom stereocenters. The molecule has 0 spiro atoms. The van der Waals surface area contributed by atoms with Gasteiger partial charge in [0.2, 0.25) is 0 Å². The molecule has 0 amide bonds. The maximum absolute atomic E-state index is 6.54.